The molecule has 2 rings (SSSR count). The van der Waals surface area contributed by atoms with Crippen LogP contribution in [-0.4, -0.2) is 46.7 Å². The van der Waals surface area contributed by atoms with Gasteiger partial charge in [0.15, 0.2) is 0 Å². The van der Waals surface area contributed by atoms with Crippen molar-refractivity contribution in [3.63, 3.8) is 0 Å². The number of nitrogens with one attached hydrogen (secondary N) is 1. The van der Waals surface area contributed by atoms with Gasteiger partial charge in [-0.1, -0.05) is 18.7 Å². The number of amides is 1. The Balaban J connectivity index is 2.35. The number of benzene rings is 1. The van der Waals surface area contributed by atoms with Crippen LogP contribution in [0.1, 0.15) is 21.6 Å². The summed E-state index contributed by atoms with van der Waals surface area (Å²) in [5.41, 5.74) is 0.479. The zero-order valence-corrected chi connectivity index (χ0v) is 14.9. The maximum Gasteiger partial charge on any atom is 0.241 e. The Morgan fingerprint density at radius 3 is 2.62 bits per heavy atom. The third-order valence-corrected chi connectivity index (χ3v) is 3.83. The van der Waals surface area contributed by atoms with Crippen LogP contribution in [-0.2, 0) is 11.8 Å². The van der Waals surface area contributed by atoms with E-state index >= 15 is 0 Å². The van der Waals surface area contributed by atoms with Crippen molar-refractivity contribution in [2.45, 2.75) is 6.92 Å². The monoisotopic (exact) mass is 360 g/mol. The standard InChI is InChI=1S/C18H21FN4O3/c1-11(24)9-20-10-15(25)22(3)18-16(12(2)21-23(18)4)17(26)13-7-5-6-8-14(13)19/h5-8,20,24H,1,9-10H2,2-4H3. The molecule has 0 radical (unpaired) electrons. The Morgan fingerprint density at radius 2 is 2.00 bits per heavy atom. The van der Waals surface area contributed by atoms with Gasteiger partial charge in [-0.15, -0.1) is 0 Å². The van der Waals surface area contributed by atoms with Gasteiger partial charge in [0, 0.05) is 14.1 Å². The van der Waals surface area contributed by atoms with Gasteiger partial charge in [-0.3, -0.25) is 19.2 Å². The van der Waals surface area contributed by atoms with Crippen molar-refractivity contribution in [1.29, 1.82) is 0 Å². The second-order valence-electron chi connectivity index (χ2n) is 5.84. The maximum atomic E-state index is 14.0. The molecule has 1 aromatic carbocycles. The largest absolute Gasteiger partial charge is 0.512 e. The Kier molecular flexibility index (Phi) is 5.89. The first-order chi connectivity index (χ1) is 12.2. The highest BCUT2D eigenvalue weighted by molar-refractivity contribution is 6.14. The predicted octanol–water partition coefficient (Wildman–Crippen LogP) is 1.72. The van der Waals surface area contributed by atoms with Crippen LogP contribution in [0, 0.1) is 12.7 Å². The number of carbonyl (C=O) groups is 2. The lowest BCUT2D eigenvalue weighted by Gasteiger charge is -2.19. The van der Waals surface area contributed by atoms with Crippen LogP contribution in [0.3, 0.4) is 0 Å². The van der Waals surface area contributed by atoms with Crippen LogP contribution in [0.4, 0.5) is 10.2 Å². The summed E-state index contributed by atoms with van der Waals surface area (Å²) in [5, 5.41) is 16.0. The molecule has 0 aliphatic heterocycles. The van der Waals surface area contributed by atoms with Crippen molar-refractivity contribution in [3.05, 3.63) is 59.2 Å². The molecule has 7 nitrogen and oxygen atoms in total. The summed E-state index contributed by atoms with van der Waals surface area (Å²) in [7, 11) is 3.11. The van der Waals surface area contributed by atoms with E-state index in [4.69, 9.17) is 5.11 Å². The number of aromatic nitrogens is 2. The number of ketones is 1. The molecule has 138 valence electrons. The SMILES string of the molecule is C=C(O)CNCC(=O)N(C)c1c(C(=O)c2ccccc2F)c(C)nn1C. The normalized spacial score (nSPS) is 10.6. The molecule has 0 aliphatic rings. The molecule has 2 aromatic rings. The number of halogens is 1. The van der Waals surface area contributed by atoms with Crippen LogP contribution >= 0.6 is 0 Å². The second-order valence-corrected chi connectivity index (χ2v) is 5.84. The zero-order valence-electron chi connectivity index (χ0n) is 14.9. The minimum atomic E-state index is -0.635. The van der Waals surface area contributed by atoms with Gasteiger partial charge in [-0.25, -0.2) is 4.39 Å². The van der Waals surface area contributed by atoms with Gasteiger partial charge in [0.1, 0.15) is 11.6 Å². The number of likely N-dealkylation sites (N-methyl/N-ethyl adjacent to an activating group) is 1. The van der Waals surface area contributed by atoms with Gasteiger partial charge in [-0.05, 0) is 19.1 Å². The van der Waals surface area contributed by atoms with Crippen LogP contribution in [0.5, 0.6) is 0 Å². The van der Waals surface area contributed by atoms with E-state index in [1.54, 1.807) is 20.0 Å². The Bertz CT molecular complexity index is 860. The zero-order chi connectivity index (χ0) is 19.4. The quantitative estimate of drug-likeness (QED) is 0.580. The highest BCUT2D eigenvalue weighted by Gasteiger charge is 2.27. The lowest BCUT2D eigenvalue weighted by molar-refractivity contribution is -0.117. The van der Waals surface area contributed by atoms with Gasteiger partial charge in [0.25, 0.3) is 0 Å². The minimum Gasteiger partial charge on any atom is -0.512 e. The molecule has 8 heteroatoms. The van der Waals surface area contributed by atoms with Crippen molar-refractivity contribution < 1.29 is 19.1 Å². The Morgan fingerprint density at radius 1 is 1.35 bits per heavy atom. The third-order valence-electron chi connectivity index (χ3n) is 3.83. The summed E-state index contributed by atoms with van der Waals surface area (Å²) in [6.45, 7) is 4.95. The van der Waals surface area contributed by atoms with Crippen LogP contribution in [0.2, 0.25) is 0 Å². The van der Waals surface area contributed by atoms with Crippen molar-refractivity contribution >= 4 is 17.5 Å². The summed E-state index contributed by atoms with van der Waals surface area (Å²) < 4.78 is 15.4. The molecule has 0 aliphatic carbocycles. The topological polar surface area (TPSA) is 87.5 Å². The summed E-state index contributed by atoms with van der Waals surface area (Å²) in [6, 6.07) is 5.67. The van der Waals surface area contributed by atoms with Crippen molar-refractivity contribution in [2.24, 2.45) is 7.05 Å². The van der Waals surface area contributed by atoms with E-state index in [9.17, 15) is 14.0 Å². The molecule has 1 amide bonds. The lowest BCUT2D eigenvalue weighted by Crippen LogP contribution is -2.37. The van der Waals surface area contributed by atoms with Crippen LogP contribution in [0.15, 0.2) is 36.6 Å². The van der Waals surface area contributed by atoms with E-state index in [2.05, 4.69) is 17.0 Å². The van der Waals surface area contributed by atoms with Gasteiger partial charge in [0.2, 0.25) is 11.7 Å². The van der Waals surface area contributed by atoms with E-state index in [1.165, 1.54) is 34.8 Å². The van der Waals surface area contributed by atoms with Gasteiger partial charge in [-0.2, -0.15) is 5.10 Å². The third kappa shape index (κ3) is 3.97. The van der Waals surface area contributed by atoms with E-state index in [0.717, 1.165) is 0 Å². The molecule has 0 unspecified atom stereocenters. The summed E-state index contributed by atoms with van der Waals surface area (Å²) in [4.78, 5) is 26.5. The van der Waals surface area contributed by atoms with Crippen LogP contribution in [0.25, 0.3) is 0 Å². The molecule has 1 heterocycles. The molecule has 2 N–H and O–H groups in total. The number of anilines is 1. The number of aliphatic hydroxyl groups is 1. The predicted molar refractivity (Wildman–Crippen MR) is 95.8 cm³/mol. The Hall–Kier alpha value is -3.00. The fraction of sp³-hybridized carbons (Fsp3) is 0.278. The molecule has 0 bridgehead atoms. The fourth-order valence-corrected chi connectivity index (χ4v) is 2.63. The average Bonchev–Trinajstić information content (AvgIpc) is 2.87. The van der Waals surface area contributed by atoms with Crippen molar-refractivity contribution in [1.82, 2.24) is 15.1 Å². The van der Waals surface area contributed by atoms with Crippen molar-refractivity contribution in [2.75, 3.05) is 25.0 Å². The van der Waals surface area contributed by atoms with E-state index in [1.807, 2.05) is 0 Å². The molecular weight excluding hydrogens is 339 g/mol. The van der Waals surface area contributed by atoms with Gasteiger partial charge < -0.3 is 10.4 Å². The fourth-order valence-electron chi connectivity index (χ4n) is 2.63. The summed E-state index contributed by atoms with van der Waals surface area (Å²) in [5.74, 6) is -1.35. The number of nitrogens with zero attached hydrogens (tertiary/aromatic N) is 3. The Labute approximate surface area is 150 Å². The minimum absolute atomic E-state index is 0.0744. The smallest absolute Gasteiger partial charge is 0.241 e. The molecule has 0 spiro atoms. The maximum absolute atomic E-state index is 14.0. The molecule has 26 heavy (non-hydrogen) atoms. The van der Waals surface area contributed by atoms with Gasteiger partial charge in [0.05, 0.1) is 35.7 Å². The number of hydrogen-bond donors (Lipinski definition) is 2. The number of rotatable bonds is 7. The molecule has 0 atom stereocenters. The van der Waals surface area contributed by atoms with E-state index in [-0.39, 0.29) is 41.7 Å². The highest BCUT2D eigenvalue weighted by Crippen LogP contribution is 2.26. The van der Waals surface area contributed by atoms with Crippen molar-refractivity contribution in [3.8, 4) is 0 Å². The first-order valence-electron chi connectivity index (χ1n) is 7.90. The average molecular weight is 360 g/mol. The highest BCUT2D eigenvalue weighted by atomic mass is 19.1. The lowest BCUT2D eigenvalue weighted by atomic mass is 10.0. The van der Waals surface area contributed by atoms with E-state index in [0.29, 0.717) is 5.69 Å². The second kappa shape index (κ2) is 7.92. The van der Waals surface area contributed by atoms with Crippen LogP contribution < -0.4 is 10.2 Å². The first kappa shape index (κ1) is 19.3. The number of aryl methyl sites for hydroxylation is 2. The summed E-state index contributed by atoms with van der Waals surface area (Å²) >= 11 is 0. The summed E-state index contributed by atoms with van der Waals surface area (Å²) in [6.07, 6.45) is 0. The van der Waals surface area contributed by atoms with Gasteiger partial charge >= 0.3 is 0 Å². The molecule has 0 saturated heterocycles. The molecule has 0 saturated carbocycles. The molecule has 1 aromatic heterocycles. The number of hydrogen-bond acceptors (Lipinski definition) is 5. The molecule has 0 fully saturated rings. The molecular formula is C18H21FN4O3. The first-order valence-corrected chi connectivity index (χ1v) is 7.90. The number of carbonyl (C=O) groups excluding carboxylic acids is 2. The number of aliphatic hydroxyl groups excluding tert-OH is 1. The van der Waals surface area contributed by atoms with E-state index < -0.39 is 11.6 Å².